The lowest BCUT2D eigenvalue weighted by Crippen LogP contribution is -2.51. The molecule has 2 aliphatic rings. The van der Waals surface area contributed by atoms with E-state index in [9.17, 15) is 4.39 Å². The molecule has 5 nitrogen and oxygen atoms in total. The molecule has 0 spiro atoms. The highest BCUT2D eigenvalue weighted by atomic mass is 19.1. The summed E-state index contributed by atoms with van der Waals surface area (Å²) < 4.78 is 25.3. The van der Waals surface area contributed by atoms with Crippen molar-refractivity contribution in [2.45, 2.75) is 51.6 Å². The molecule has 2 atom stereocenters. The first-order valence-electron chi connectivity index (χ1n) is 9.61. The van der Waals surface area contributed by atoms with Gasteiger partial charge in [0.1, 0.15) is 13.2 Å². The lowest BCUT2D eigenvalue weighted by Gasteiger charge is -2.41. The Labute approximate surface area is 150 Å². The number of nitrogens with zero attached hydrogens (tertiary/aromatic N) is 3. The fourth-order valence-corrected chi connectivity index (χ4v) is 3.51. The van der Waals surface area contributed by atoms with Gasteiger partial charge in [-0.05, 0) is 50.9 Å². The van der Waals surface area contributed by atoms with E-state index in [2.05, 4.69) is 28.6 Å². The molecule has 0 bridgehead atoms. The highest BCUT2D eigenvalue weighted by Crippen LogP contribution is 2.28. The first-order chi connectivity index (χ1) is 12.2. The van der Waals surface area contributed by atoms with Crippen molar-refractivity contribution >= 4 is 0 Å². The van der Waals surface area contributed by atoms with E-state index in [4.69, 9.17) is 9.47 Å². The number of halogens is 1. The van der Waals surface area contributed by atoms with Crippen LogP contribution in [0.25, 0.3) is 0 Å². The van der Waals surface area contributed by atoms with Gasteiger partial charge in [0.05, 0.1) is 0 Å². The molecule has 6 heteroatoms. The van der Waals surface area contributed by atoms with Crippen molar-refractivity contribution in [2.75, 3.05) is 39.4 Å². The smallest absolute Gasteiger partial charge is 0.259 e. The molecule has 1 aromatic rings. The maximum atomic E-state index is 13.5. The Bertz CT molecular complexity index is 557. The van der Waals surface area contributed by atoms with E-state index in [-0.39, 0.29) is 5.88 Å². The van der Waals surface area contributed by atoms with Crippen LogP contribution in [0.3, 0.4) is 0 Å². The molecule has 2 aliphatic heterocycles. The summed E-state index contributed by atoms with van der Waals surface area (Å²) in [5, 5.41) is 0. The van der Waals surface area contributed by atoms with Gasteiger partial charge in [-0.2, -0.15) is 9.37 Å². The van der Waals surface area contributed by atoms with Crippen molar-refractivity contribution in [3.05, 3.63) is 18.1 Å². The molecule has 25 heavy (non-hydrogen) atoms. The number of rotatable bonds is 10. The second kappa shape index (κ2) is 8.81. The zero-order valence-electron chi connectivity index (χ0n) is 15.4. The highest BCUT2D eigenvalue weighted by Gasteiger charge is 2.29. The predicted molar refractivity (Wildman–Crippen MR) is 95.7 cm³/mol. The Balaban J connectivity index is 1.53. The Morgan fingerprint density at radius 2 is 1.60 bits per heavy atom. The van der Waals surface area contributed by atoms with Crippen LogP contribution in [0.5, 0.6) is 11.6 Å². The maximum Gasteiger partial charge on any atom is 0.259 e. The third-order valence-corrected chi connectivity index (χ3v) is 5.19. The van der Waals surface area contributed by atoms with Crippen molar-refractivity contribution in [3.8, 4) is 11.6 Å². The Hall–Kier alpha value is -1.40. The average Bonchev–Trinajstić information content (AvgIpc) is 2.57. The van der Waals surface area contributed by atoms with Crippen LogP contribution in [0, 0.1) is 5.95 Å². The Morgan fingerprint density at radius 3 is 2.12 bits per heavy atom. The summed E-state index contributed by atoms with van der Waals surface area (Å²) in [4.78, 5) is 8.73. The van der Waals surface area contributed by atoms with E-state index in [1.165, 1.54) is 6.07 Å². The van der Waals surface area contributed by atoms with Gasteiger partial charge in [-0.15, -0.1) is 0 Å². The minimum Gasteiger partial charge on any atom is -0.486 e. The molecule has 0 aromatic carbocycles. The largest absolute Gasteiger partial charge is 0.486 e. The fourth-order valence-electron chi connectivity index (χ4n) is 3.51. The van der Waals surface area contributed by atoms with Crippen LogP contribution >= 0.6 is 0 Å². The van der Waals surface area contributed by atoms with E-state index in [1.54, 1.807) is 6.07 Å². The third kappa shape index (κ3) is 4.61. The van der Waals surface area contributed by atoms with Gasteiger partial charge in [-0.3, -0.25) is 9.80 Å². The lowest BCUT2D eigenvalue weighted by atomic mass is 10.0. The van der Waals surface area contributed by atoms with E-state index >= 15 is 0 Å². The normalized spacial score (nSPS) is 23.8. The number of likely N-dealkylation sites (tertiary alicyclic amines) is 2. The molecular weight excluding hydrogens is 321 g/mol. The van der Waals surface area contributed by atoms with Crippen molar-refractivity contribution in [1.82, 2.24) is 14.8 Å². The van der Waals surface area contributed by atoms with Gasteiger partial charge >= 0.3 is 0 Å². The van der Waals surface area contributed by atoms with Gasteiger partial charge in [0.2, 0.25) is 5.95 Å². The minimum atomic E-state index is -0.530. The minimum absolute atomic E-state index is 0.282. The first kappa shape index (κ1) is 18.4. The molecular formula is C19H30FN3O2. The van der Waals surface area contributed by atoms with E-state index in [1.807, 2.05) is 0 Å². The second-order valence-electron chi connectivity index (χ2n) is 7.02. The monoisotopic (exact) mass is 351 g/mol. The quantitative estimate of drug-likeness (QED) is 0.606. The fraction of sp³-hybridized carbons (Fsp3) is 0.737. The SMILES string of the molecule is CCCN1CC[C@@H]1COc1ccc(F)nc1OC[C@H]1CCN1CCC. The molecule has 140 valence electrons. The van der Waals surface area contributed by atoms with Crippen LogP contribution in [-0.4, -0.2) is 66.3 Å². The topological polar surface area (TPSA) is 37.8 Å². The molecule has 2 saturated heterocycles. The van der Waals surface area contributed by atoms with Crippen LogP contribution < -0.4 is 9.47 Å². The summed E-state index contributed by atoms with van der Waals surface area (Å²) in [6.07, 6.45) is 4.57. The van der Waals surface area contributed by atoms with Crippen molar-refractivity contribution in [1.29, 1.82) is 0 Å². The predicted octanol–water partition coefficient (Wildman–Crippen LogP) is 2.95. The zero-order valence-corrected chi connectivity index (χ0v) is 15.4. The highest BCUT2D eigenvalue weighted by molar-refractivity contribution is 5.33. The number of hydrogen-bond donors (Lipinski definition) is 0. The van der Waals surface area contributed by atoms with Gasteiger partial charge in [0.15, 0.2) is 5.75 Å². The molecule has 1 aromatic heterocycles. The molecule has 0 aliphatic carbocycles. The summed E-state index contributed by atoms with van der Waals surface area (Å²) in [7, 11) is 0. The van der Waals surface area contributed by atoms with Crippen molar-refractivity contribution < 1.29 is 13.9 Å². The summed E-state index contributed by atoms with van der Waals surface area (Å²) in [5.41, 5.74) is 0. The van der Waals surface area contributed by atoms with Gasteiger partial charge in [0.25, 0.3) is 5.88 Å². The summed E-state index contributed by atoms with van der Waals surface area (Å²) in [6, 6.07) is 3.82. The van der Waals surface area contributed by atoms with E-state index in [0.717, 1.165) is 51.9 Å². The van der Waals surface area contributed by atoms with Crippen LogP contribution in [0.15, 0.2) is 12.1 Å². The third-order valence-electron chi connectivity index (χ3n) is 5.19. The molecule has 0 N–H and O–H groups in total. The molecule has 2 fully saturated rings. The zero-order chi connectivity index (χ0) is 17.6. The van der Waals surface area contributed by atoms with Crippen LogP contribution in [0.2, 0.25) is 0 Å². The van der Waals surface area contributed by atoms with Gasteiger partial charge in [-0.1, -0.05) is 13.8 Å². The summed E-state index contributed by atoms with van der Waals surface area (Å²) in [6.45, 7) is 9.97. The van der Waals surface area contributed by atoms with E-state index in [0.29, 0.717) is 31.0 Å². The number of hydrogen-bond acceptors (Lipinski definition) is 5. The van der Waals surface area contributed by atoms with Gasteiger partial charge in [-0.25, -0.2) is 0 Å². The summed E-state index contributed by atoms with van der Waals surface area (Å²) in [5.74, 6) is 0.299. The summed E-state index contributed by atoms with van der Waals surface area (Å²) >= 11 is 0. The lowest BCUT2D eigenvalue weighted by molar-refractivity contribution is 0.0409. The van der Waals surface area contributed by atoms with Crippen LogP contribution in [0.1, 0.15) is 39.5 Å². The molecule has 3 heterocycles. The molecule has 3 rings (SSSR count). The van der Waals surface area contributed by atoms with Gasteiger partial charge in [0, 0.05) is 25.2 Å². The molecule has 0 unspecified atom stereocenters. The van der Waals surface area contributed by atoms with Crippen molar-refractivity contribution in [2.24, 2.45) is 0 Å². The Morgan fingerprint density at radius 1 is 1.00 bits per heavy atom. The van der Waals surface area contributed by atoms with Crippen LogP contribution in [-0.2, 0) is 0 Å². The number of ether oxygens (including phenoxy) is 2. The second-order valence-corrected chi connectivity index (χ2v) is 7.02. The average molecular weight is 351 g/mol. The number of aromatic nitrogens is 1. The van der Waals surface area contributed by atoms with E-state index < -0.39 is 5.95 Å². The molecule has 0 amide bonds. The molecule has 0 radical (unpaired) electrons. The Kier molecular flexibility index (Phi) is 6.48. The van der Waals surface area contributed by atoms with Gasteiger partial charge < -0.3 is 9.47 Å². The first-order valence-corrected chi connectivity index (χ1v) is 9.61. The maximum absolute atomic E-state index is 13.5. The van der Waals surface area contributed by atoms with Crippen LogP contribution in [0.4, 0.5) is 4.39 Å². The molecule has 0 saturated carbocycles. The van der Waals surface area contributed by atoms with Crippen molar-refractivity contribution in [3.63, 3.8) is 0 Å². The standard InChI is InChI=1S/C19H30FN3O2/c1-3-9-22-11-7-15(22)13-24-17-5-6-18(20)21-19(17)25-14-16-8-12-23(16)10-4-2/h5-6,15-16H,3-4,7-14H2,1-2H3/t15-,16-/m1/s1. The number of pyridine rings is 1.